The Morgan fingerprint density at radius 1 is 0.839 bits per heavy atom. The third-order valence-electron chi connectivity index (χ3n) is 10.1. The summed E-state index contributed by atoms with van der Waals surface area (Å²) in [5, 5.41) is 9.81. The molecule has 1 unspecified atom stereocenters. The molecule has 4 rings (SSSR count). The fraction of sp³-hybridized carbons (Fsp3) is 0.500. The third kappa shape index (κ3) is 17.8. The summed E-state index contributed by atoms with van der Waals surface area (Å²) in [6, 6.07) is 11.3. The van der Waals surface area contributed by atoms with Crippen molar-refractivity contribution in [2.24, 2.45) is 0 Å². The van der Waals surface area contributed by atoms with Crippen molar-refractivity contribution >= 4 is 48.1 Å². The van der Waals surface area contributed by atoms with Gasteiger partial charge in [0.15, 0.2) is 6.54 Å². The molecular weight excluding hydrogens is 891 g/mol. The van der Waals surface area contributed by atoms with Crippen LogP contribution in [0.5, 0.6) is 0 Å². The Bertz CT molecular complexity index is 2370. The van der Waals surface area contributed by atoms with Crippen molar-refractivity contribution in [3.8, 4) is 11.3 Å². The van der Waals surface area contributed by atoms with E-state index in [2.05, 4.69) is 0 Å². The minimum absolute atomic E-state index is 0. The quantitative estimate of drug-likeness (QED) is 0.0373. The standard InChI is InChI=1S/C40H54N2O15S3.2Na/c1-40(17-7-27-58(45,46)47)35-30-33(60(51,52)53)13-15-36(35)42(19-5-3-4-11-39(43)44)38(40)10-6-9-31-16-21-57-37-29-32(12-14-34(31)37)41(18-8-28-59(48,49)50)20-22-55-25-26-56-24-23-54-2;;/h6,9-10,12-16,21,29-30H,3-5,7-8,11,17-20,22-28H2,1-2H3,(H3-,43,44,45,46,47,48,49,50,51,52,53);;/q;2*+1/p-2. The Morgan fingerprint density at radius 3 is 2.18 bits per heavy atom. The smallest absolute Gasteiger partial charge is 0.748 e. The van der Waals surface area contributed by atoms with Crippen molar-refractivity contribution in [2.45, 2.75) is 62.2 Å². The van der Waals surface area contributed by atoms with Gasteiger partial charge in [-0.15, -0.1) is 0 Å². The summed E-state index contributed by atoms with van der Waals surface area (Å²) in [7, 11) is -12.3. The molecule has 0 bridgehead atoms. The van der Waals surface area contributed by atoms with Gasteiger partial charge in [-0.25, -0.2) is 29.8 Å². The molecule has 3 aliphatic rings. The summed E-state index contributed by atoms with van der Waals surface area (Å²) in [4.78, 5) is 12.6. The number of carboxylic acid groups (broad SMARTS) is 1. The first-order valence-corrected chi connectivity index (χ1v) is 24.0. The molecule has 2 aliphatic heterocycles. The number of nitrogens with zero attached hydrogens (tertiary/aromatic N) is 2. The van der Waals surface area contributed by atoms with Crippen LogP contribution in [0.1, 0.15) is 63.0 Å². The maximum Gasteiger partial charge on any atom is 1.00 e. The van der Waals surface area contributed by atoms with Gasteiger partial charge in [0.25, 0.3) is 0 Å². The Balaban J connectivity index is 0.00000661. The summed E-state index contributed by atoms with van der Waals surface area (Å²) in [5.41, 5.74) is 2.16. The summed E-state index contributed by atoms with van der Waals surface area (Å²) in [6.07, 6.45) is 8.68. The third-order valence-corrected chi connectivity index (χ3v) is 12.5. The molecule has 1 atom stereocenters. The van der Waals surface area contributed by atoms with Crippen LogP contribution in [0.4, 0.5) is 5.69 Å². The van der Waals surface area contributed by atoms with Crippen LogP contribution >= 0.6 is 0 Å². The van der Waals surface area contributed by atoms with Gasteiger partial charge in [0.2, 0.25) is 5.36 Å². The first kappa shape index (κ1) is 56.1. The fourth-order valence-electron chi connectivity index (χ4n) is 7.16. The summed E-state index contributed by atoms with van der Waals surface area (Å²) >= 11 is 0. The minimum atomic E-state index is -4.86. The number of rotatable bonds is 26. The van der Waals surface area contributed by atoms with Gasteiger partial charge >= 0.3 is 65.1 Å². The van der Waals surface area contributed by atoms with E-state index in [9.17, 15) is 43.7 Å². The monoisotopic (exact) mass is 942 g/mol. The van der Waals surface area contributed by atoms with Crippen LogP contribution in [0.3, 0.4) is 0 Å². The van der Waals surface area contributed by atoms with Crippen LogP contribution in [0, 0.1) is 0 Å². The van der Waals surface area contributed by atoms with E-state index in [4.69, 9.17) is 23.7 Å². The summed E-state index contributed by atoms with van der Waals surface area (Å²) in [6.45, 7) is 4.75. The number of carbonyl (C=O) groups is 1. The second-order valence-electron chi connectivity index (χ2n) is 14.5. The van der Waals surface area contributed by atoms with Crippen LogP contribution in [0.25, 0.3) is 17.4 Å². The summed E-state index contributed by atoms with van der Waals surface area (Å²) in [5.74, 6) is -1.58. The Morgan fingerprint density at radius 2 is 1.52 bits per heavy atom. The zero-order valence-corrected chi connectivity index (χ0v) is 42.1. The SMILES string of the molecule is COCCOCCOCC[N+](CCCS(=O)(=O)[O-])=c1ccc2c(/C=C/C=C3/N(CCCCCC(=O)O)c4ccc(S(=O)(=O)[O-])cc4C3(C)CCCS(=O)(=O)[O-])ccoc-2c1.[Na+].[Na+]. The second-order valence-corrected chi connectivity index (χ2v) is 18.9. The normalized spacial score (nSPS) is 16.7. The number of aliphatic carboxylic acids is 1. The van der Waals surface area contributed by atoms with Crippen molar-refractivity contribution in [2.75, 3.05) is 76.2 Å². The van der Waals surface area contributed by atoms with E-state index in [1.807, 2.05) is 33.8 Å². The molecule has 0 amide bonds. The number of anilines is 1. The van der Waals surface area contributed by atoms with Crippen molar-refractivity contribution in [1.29, 1.82) is 0 Å². The molecular formula is C40H52N2Na2O15S3. The molecule has 1 aromatic rings. The maximum absolute atomic E-state index is 12.1. The van der Waals surface area contributed by atoms with Gasteiger partial charge in [-0.1, -0.05) is 18.6 Å². The number of allylic oxidation sites excluding steroid dienone is 3. The number of fused-ring (bicyclic) bond motifs is 2. The second kappa shape index (κ2) is 26.2. The van der Waals surface area contributed by atoms with Crippen molar-refractivity contribution in [3.05, 3.63) is 83.1 Å². The van der Waals surface area contributed by atoms with E-state index in [0.29, 0.717) is 93.5 Å². The number of benzene rings is 2. The molecule has 1 aromatic carbocycles. The largest absolute Gasteiger partial charge is 1.00 e. The predicted molar refractivity (Wildman–Crippen MR) is 219 cm³/mol. The van der Waals surface area contributed by atoms with Crippen molar-refractivity contribution in [1.82, 2.24) is 4.58 Å². The Hall–Kier alpha value is -1.99. The molecule has 0 fully saturated rings. The molecule has 332 valence electrons. The molecule has 2 heterocycles. The zero-order chi connectivity index (χ0) is 44.0. The van der Waals surface area contributed by atoms with E-state index in [0.717, 1.165) is 11.1 Å². The Labute approximate surface area is 408 Å². The zero-order valence-electron chi connectivity index (χ0n) is 35.7. The van der Waals surface area contributed by atoms with E-state index < -0.39 is 58.1 Å². The van der Waals surface area contributed by atoms with Gasteiger partial charge < -0.3 is 42.3 Å². The molecule has 1 aliphatic carbocycles. The molecule has 0 saturated heterocycles. The van der Waals surface area contributed by atoms with E-state index >= 15 is 0 Å². The van der Waals surface area contributed by atoms with E-state index in [1.165, 1.54) is 24.5 Å². The molecule has 0 aromatic heterocycles. The van der Waals surface area contributed by atoms with Crippen molar-refractivity contribution < 1.29 is 127 Å². The average molecular weight is 943 g/mol. The Kier molecular flexibility index (Phi) is 23.8. The fourth-order valence-corrected chi connectivity index (χ4v) is 8.64. The average Bonchev–Trinajstić information content (AvgIpc) is 3.39. The number of ether oxygens (including phenoxy) is 3. The number of carboxylic acids is 1. The first-order valence-electron chi connectivity index (χ1n) is 19.4. The van der Waals surface area contributed by atoms with Gasteiger partial charge in [-0.3, -0.25) is 4.79 Å². The molecule has 62 heavy (non-hydrogen) atoms. The van der Waals surface area contributed by atoms with E-state index in [1.54, 1.807) is 32.2 Å². The van der Waals surface area contributed by atoms with Crippen LogP contribution in [-0.2, 0) is 54.8 Å². The summed E-state index contributed by atoms with van der Waals surface area (Å²) < 4.78 is 129. The molecule has 17 nitrogen and oxygen atoms in total. The van der Waals surface area contributed by atoms with Crippen LogP contribution < -0.4 is 73.9 Å². The van der Waals surface area contributed by atoms with E-state index in [-0.39, 0.29) is 91.3 Å². The maximum atomic E-state index is 12.1. The van der Waals surface area contributed by atoms with Crippen molar-refractivity contribution in [3.63, 3.8) is 0 Å². The predicted octanol–water partition coefficient (Wildman–Crippen LogP) is -2.67. The molecule has 0 saturated carbocycles. The molecule has 22 heteroatoms. The number of hydrogen-bond acceptors (Lipinski definition) is 15. The van der Waals surface area contributed by atoms with Gasteiger partial charge in [-0.05, 0) is 80.1 Å². The van der Waals surface area contributed by atoms with Crippen LogP contribution in [0.15, 0.2) is 75.9 Å². The van der Waals surface area contributed by atoms with Gasteiger partial charge in [0, 0.05) is 66.4 Å². The van der Waals surface area contributed by atoms with Crippen LogP contribution in [-0.4, -0.2) is 121 Å². The van der Waals surface area contributed by atoms with Gasteiger partial charge in [0.1, 0.15) is 29.0 Å². The topological polar surface area (TPSA) is 256 Å². The molecule has 1 N–H and O–H groups in total. The van der Waals surface area contributed by atoms with Gasteiger partial charge in [0.05, 0.1) is 63.9 Å². The number of unbranched alkanes of at least 4 members (excludes halogenated alkanes) is 2. The number of methoxy groups -OCH3 is 1. The molecule has 0 radical (unpaired) electrons. The minimum Gasteiger partial charge on any atom is -0.748 e. The van der Waals surface area contributed by atoms with Gasteiger partial charge in [-0.2, -0.15) is 0 Å². The van der Waals surface area contributed by atoms with Crippen LogP contribution in [0.2, 0.25) is 0 Å². The molecule has 0 spiro atoms. The number of hydrogen-bond donors (Lipinski definition) is 1. The first-order chi connectivity index (χ1) is 28.3.